The largest absolute Gasteiger partial charge is 0.340 e. The number of aromatic nitrogens is 2. The fourth-order valence-electron chi connectivity index (χ4n) is 2.49. The van der Waals surface area contributed by atoms with Crippen molar-refractivity contribution in [3.05, 3.63) is 5.82 Å². The quantitative estimate of drug-likeness (QED) is 0.895. The highest BCUT2D eigenvalue weighted by molar-refractivity contribution is 7.09. The predicted molar refractivity (Wildman–Crippen MR) is 77.2 cm³/mol. The average Bonchev–Trinajstić information content (AvgIpc) is 2.77. The Hall–Kier alpha value is -0.680. The van der Waals surface area contributed by atoms with Crippen molar-refractivity contribution in [3.63, 3.8) is 0 Å². The summed E-state index contributed by atoms with van der Waals surface area (Å²) in [6.45, 7) is 9.42. The lowest BCUT2D eigenvalue weighted by Gasteiger charge is -2.39. The smallest absolute Gasteiger partial charge is 0.205 e. The molecule has 0 amide bonds. The summed E-state index contributed by atoms with van der Waals surface area (Å²) >= 11 is 1.52. The van der Waals surface area contributed by atoms with E-state index < -0.39 is 0 Å². The van der Waals surface area contributed by atoms with Crippen molar-refractivity contribution in [1.29, 1.82) is 0 Å². The Morgan fingerprint density at radius 1 is 1.39 bits per heavy atom. The van der Waals surface area contributed by atoms with Crippen LogP contribution in [0.4, 0.5) is 5.13 Å². The zero-order valence-electron chi connectivity index (χ0n) is 11.8. The molecule has 0 spiro atoms. The summed E-state index contributed by atoms with van der Waals surface area (Å²) in [6.07, 6.45) is 3.66. The molecule has 2 unspecified atom stereocenters. The van der Waals surface area contributed by atoms with E-state index in [0.717, 1.165) is 11.0 Å². The van der Waals surface area contributed by atoms with Crippen LogP contribution in [0.5, 0.6) is 0 Å². The fourth-order valence-corrected chi connectivity index (χ4v) is 3.52. The third-order valence-corrected chi connectivity index (χ3v) is 4.34. The molecule has 0 bridgehead atoms. The van der Waals surface area contributed by atoms with Gasteiger partial charge in [-0.3, -0.25) is 0 Å². The van der Waals surface area contributed by atoms with Crippen LogP contribution in [-0.2, 0) is 5.41 Å². The highest BCUT2D eigenvalue weighted by Crippen LogP contribution is 2.32. The van der Waals surface area contributed by atoms with Crippen molar-refractivity contribution in [3.8, 4) is 0 Å². The number of nitrogens with two attached hydrogens (primary N) is 1. The van der Waals surface area contributed by atoms with Crippen molar-refractivity contribution >= 4 is 16.7 Å². The van der Waals surface area contributed by atoms with E-state index in [4.69, 9.17) is 10.7 Å². The SMILES string of the molecule is CC1CCCC(CN)N1c1nc(C(C)(C)C)ns1. The summed E-state index contributed by atoms with van der Waals surface area (Å²) in [7, 11) is 0. The molecule has 1 aromatic heterocycles. The molecule has 1 aromatic rings. The van der Waals surface area contributed by atoms with E-state index in [-0.39, 0.29) is 5.41 Å². The number of hydrogen-bond acceptors (Lipinski definition) is 5. The van der Waals surface area contributed by atoms with Crippen LogP contribution in [0.3, 0.4) is 0 Å². The molecule has 1 saturated heterocycles. The molecule has 2 rings (SSSR count). The topological polar surface area (TPSA) is 55.0 Å². The Morgan fingerprint density at radius 3 is 2.67 bits per heavy atom. The minimum atomic E-state index is 0.0198. The highest BCUT2D eigenvalue weighted by atomic mass is 32.1. The molecular formula is C13H24N4S. The maximum Gasteiger partial charge on any atom is 0.205 e. The predicted octanol–water partition coefficient (Wildman–Crippen LogP) is 2.54. The Balaban J connectivity index is 2.25. The molecule has 1 aliphatic heterocycles. The molecule has 102 valence electrons. The van der Waals surface area contributed by atoms with Gasteiger partial charge in [0.2, 0.25) is 5.13 Å². The average molecular weight is 268 g/mol. The molecule has 0 aromatic carbocycles. The van der Waals surface area contributed by atoms with E-state index in [9.17, 15) is 0 Å². The molecule has 4 nitrogen and oxygen atoms in total. The van der Waals surface area contributed by atoms with Gasteiger partial charge >= 0.3 is 0 Å². The molecule has 2 atom stereocenters. The van der Waals surface area contributed by atoms with E-state index in [0.29, 0.717) is 18.6 Å². The van der Waals surface area contributed by atoms with Gasteiger partial charge in [-0.05, 0) is 26.2 Å². The zero-order valence-corrected chi connectivity index (χ0v) is 12.6. The lowest BCUT2D eigenvalue weighted by molar-refractivity contribution is 0.399. The summed E-state index contributed by atoms with van der Waals surface area (Å²) < 4.78 is 4.51. The standard InChI is InChI=1S/C13H24N4S/c1-9-6-5-7-10(8-14)17(9)12-15-11(16-18-12)13(2,3)4/h9-10H,5-8,14H2,1-4H3. The molecule has 2 N–H and O–H groups in total. The number of piperidine rings is 1. The van der Waals surface area contributed by atoms with Crippen LogP contribution in [-0.4, -0.2) is 28.0 Å². The first kappa shape index (κ1) is 13.7. The van der Waals surface area contributed by atoms with Crippen LogP contribution >= 0.6 is 11.5 Å². The molecular weight excluding hydrogens is 244 g/mol. The molecule has 5 heteroatoms. The van der Waals surface area contributed by atoms with Gasteiger partial charge in [-0.1, -0.05) is 20.8 Å². The lowest BCUT2D eigenvalue weighted by Crippen LogP contribution is -2.49. The minimum Gasteiger partial charge on any atom is -0.340 e. The summed E-state index contributed by atoms with van der Waals surface area (Å²) in [4.78, 5) is 7.12. The molecule has 1 aliphatic rings. The van der Waals surface area contributed by atoms with E-state index in [2.05, 4.69) is 37.0 Å². The van der Waals surface area contributed by atoms with E-state index in [1.165, 1.54) is 30.8 Å². The molecule has 0 radical (unpaired) electrons. The fraction of sp³-hybridized carbons (Fsp3) is 0.846. The van der Waals surface area contributed by atoms with Gasteiger partial charge in [0.1, 0.15) is 5.82 Å². The second-order valence-corrected chi connectivity index (χ2v) is 6.96. The van der Waals surface area contributed by atoms with Crippen LogP contribution in [0, 0.1) is 0 Å². The van der Waals surface area contributed by atoms with Crippen molar-refractivity contribution < 1.29 is 0 Å². The van der Waals surface area contributed by atoms with Gasteiger partial charge in [0, 0.05) is 35.6 Å². The van der Waals surface area contributed by atoms with Crippen molar-refractivity contribution in [2.24, 2.45) is 5.73 Å². The van der Waals surface area contributed by atoms with Crippen LogP contribution in [0.1, 0.15) is 52.8 Å². The Kier molecular flexibility index (Phi) is 3.92. The summed E-state index contributed by atoms with van der Waals surface area (Å²) in [5.74, 6) is 0.941. The van der Waals surface area contributed by atoms with E-state index in [1.54, 1.807) is 0 Å². The normalized spacial score (nSPS) is 25.5. The Morgan fingerprint density at radius 2 is 2.11 bits per heavy atom. The third-order valence-electron chi connectivity index (χ3n) is 3.61. The van der Waals surface area contributed by atoms with Gasteiger partial charge in [-0.25, -0.2) is 4.98 Å². The summed E-state index contributed by atoms with van der Waals surface area (Å²) in [5.41, 5.74) is 5.92. The molecule has 2 heterocycles. The van der Waals surface area contributed by atoms with Crippen LogP contribution < -0.4 is 10.6 Å². The monoisotopic (exact) mass is 268 g/mol. The van der Waals surface area contributed by atoms with Crippen LogP contribution in [0.15, 0.2) is 0 Å². The van der Waals surface area contributed by atoms with Gasteiger partial charge in [0.15, 0.2) is 0 Å². The number of hydrogen-bond donors (Lipinski definition) is 1. The minimum absolute atomic E-state index is 0.0198. The first-order valence-corrected chi connectivity index (χ1v) is 7.53. The molecule has 18 heavy (non-hydrogen) atoms. The summed E-state index contributed by atoms with van der Waals surface area (Å²) in [6, 6.07) is 0.947. The summed E-state index contributed by atoms with van der Waals surface area (Å²) in [5, 5.41) is 1.04. The van der Waals surface area contributed by atoms with Crippen molar-refractivity contribution in [1.82, 2.24) is 9.36 Å². The second-order valence-electron chi connectivity index (χ2n) is 6.23. The highest BCUT2D eigenvalue weighted by Gasteiger charge is 2.30. The van der Waals surface area contributed by atoms with Crippen molar-refractivity contribution in [2.75, 3.05) is 11.4 Å². The van der Waals surface area contributed by atoms with Crippen molar-refractivity contribution in [2.45, 2.75) is 64.5 Å². The van der Waals surface area contributed by atoms with Gasteiger partial charge in [-0.2, -0.15) is 4.37 Å². The number of rotatable bonds is 2. The number of anilines is 1. The van der Waals surface area contributed by atoms with E-state index in [1.807, 2.05) is 0 Å². The van der Waals surface area contributed by atoms with Gasteiger partial charge in [0.05, 0.1) is 0 Å². The molecule has 0 aliphatic carbocycles. The first-order valence-electron chi connectivity index (χ1n) is 6.76. The first-order chi connectivity index (χ1) is 8.43. The molecule has 0 saturated carbocycles. The Bertz CT molecular complexity index is 396. The van der Waals surface area contributed by atoms with Crippen LogP contribution in [0.2, 0.25) is 0 Å². The number of nitrogens with zero attached hydrogens (tertiary/aromatic N) is 3. The maximum absolute atomic E-state index is 5.90. The van der Waals surface area contributed by atoms with Crippen LogP contribution in [0.25, 0.3) is 0 Å². The van der Waals surface area contributed by atoms with Gasteiger partial charge in [0.25, 0.3) is 0 Å². The zero-order chi connectivity index (χ0) is 13.3. The van der Waals surface area contributed by atoms with E-state index >= 15 is 0 Å². The maximum atomic E-state index is 5.90. The third kappa shape index (κ3) is 2.67. The van der Waals surface area contributed by atoms with Gasteiger partial charge in [-0.15, -0.1) is 0 Å². The van der Waals surface area contributed by atoms with Gasteiger partial charge < -0.3 is 10.6 Å². The Labute approximate surface area is 114 Å². The molecule has 1 fully saturated rings. The lowest BCUT2D eigenvalue weighted by atomic mass is 9.96. The second kappa shape index (κ2) is 5.13.